The van der Waals surface area contributed by atoms with Crippen molar-refractivity contribution in [2.75, 3.05) is 6.54 Å². The van der Waals surface area contributed by atoms with E-state index in [4.69, 9.17) is 10.2 Å². The summed E-state index contributed by atoms with van der Waals surface area (Å²) in [6.07, 6.45) is 0. The molecule has 0 saturated heterocycles. The summed E-state index contributed by atoms with van der Waals surface area (Å²) in [6.45, 7) is 5.51. The summed E-state index contributed by atoms with van der Waals surface area (Å²) in [5.41, 5.74) is 7.74. The van der Waals surface area contributed by atoms with E-state index in [0.717, 1.165) is 23.3 Å². The fourth-order valence-electron chi connectivity index (χ4n) is 1.66. The monoisotopic (exact) mass is 218 g/mol. The van der Waals surface area contributed by atoms with Crippen molar-refractivity contribution in [1.82, 2.24) is 5.32 Å². The number of fused-ring (bicyclic) bond motifs is 1. The van der Waals surface area contributed by atoms with Gasteiger partial charge in [-0.05, 0) is 32.0 Å². The number of aryl methyl sites for hydroxylation is 1. The molecule has 0 unspecified atom stereocenters. The minimum atomic E-state index is 0.315. The van der Waals surface area contributed by atoms with Gasteiger partial charge in [0, 0.05) is 18.0 Å². The highest BCUT2D eigenvalue weighted by Gasteiger charge is 2.05. The molecule has 2 aromatic rings. The summed E-state index contributed by atoms with van der Waals surface area (Å²) in [6, 6.07) is 8.61. The van der Waals surface area contributed by atoms with Crippen LogP contribution in [0.3, 0.4) is 0 Å². The lowest BCUT2D eigenvalue weighted by Crippen LogP contribution is -2.32. The quantitative estimate of drug-likeness (QED) is 0.827. The molecule has 3 nitrogen and oxygen atoms in total. The van der Waals surface area contributed by atoms with E-state index < -0.39 is 0 Å². The topological polar surface area (TPSA) is 51.2 Å². The third-order valence-electron chi connectivity index (χ3n) is 2.70. The van der Waals surface area contributed by atoms with E-state index >= 15 is 0 Å². The minimum absolute atomic E-state index is 0.315. The summed E-state index contributed by atoms with van der Waals surface area (Å²) >= 11 is 0. The molecule has 0 spiro atoms. The molecule has 0 aliphatic rings. The number of furan rings is 1. The Hall–Kier alpha value is -1.32. The largest absolute Gasteiger partial charge is 0.460 e. The van der Waals surface area contributed by atoms with Gasteiger partial charge in [0.25, 0.3) is 0 Å². The fraction of sp³-hybridized carbons (Fsp3) is 0.385. The van der Waals surface area contributed by atoms with Crippen molar-refractivity contribution in [3.63, 3.8) is 0 Å². The predicted molar refractivity (Wildman–Crippen MR) is 66.3 cm³/mol. The summed E-state index contributed by atoms with van der Waals surface area (Å²) in [7, 11) is 0. The SMILES string of the molecule is Cc1ccc2oc(CN[C@H](C)CN)cc2c1. The van der Waals surface area contributed by atoms with Crippen molar-refractivity contribution in [3.8, 4) is 0 Å². The number of hydrogen-bond donors (Lipinski definition) is 2. The Morgan fingerprint density at radius 1 is 1.38 bits per heavy atom. The first-order valence-electron chi connectivity index (χ1n) is 5.61. The van der Waals surface area contributed by atoms with Gasteiger partial charge in [-0.25, -0.2) is 0 Å². The zero-order valence-electron chi connectivity index (χ0n) is 9.79. The summed E-state index contributed by atoms with van der Waals surface area (Å²) in [5, 5.41) is 4.47. The molecule has 16 heavy (non-hydrogen) atoms. The zero-order chi connectivity index (χ0) is 11.5. The minimum Gasteiger partial charge on any atom is -0.460 e. The second kappa shape index (κ2) is 4.68. The molecule has 3 N–H and O–H groups in total. The van der Waals surface area contributed by atoms with Gasteiger partial charge in [-0.15, -0.1) is 0 Å². The number of rotatable bonds is 4. The van der Waals surface area contributed by atoms with Crippen LogP contribution in [-0.2, 0) is 6.54 Å². The van der Waals surface area contributed by atoms with E-state index in [1.54, 1.807) is 0 Å². The van der Waals surface area contributed by atoms with Gasteiger partial charge in [0.2, 0.25) is 0 Å². The molecular formula is C13H18N2O. The number of hydrogen-bond acceptors (Lipinski definition) is 3. The van der Waals surface area contributed by atoms with Crippen molar-refractivity contribution in [1.29, 1.82) is 0 Å². The molecule has 0 aliphatic carbocycles. The summed E-state index contributed by atoms with van der Waals surface area (Å²) in [4.78, 5) is 0. The van der Waals surface area contributed by atoms with Crippen LogP contribution in [0, 0.1) is 6.92 Å². The molecule has 0 amide bonds. The first-order chi connectivity index (χ1) is 7.69. The molecule has 1 aromatic heterocycles. The van der Waals surface area contributed by atoms with Crippen LogP contribution in [0.4, 0.5) is 0 Å². The number of benzene rings is 1. The second-order valence-corrected chi connectivity index (χ2v) is 4.27. The highest BCUT2D eigenvalue weighted by atomic mass is 16.3. The van der Waals surface area contributed by atoms with E-state index in [0.29, 0.717) is 12.6 Å². The van der Waals surface area contributed by atoms with Crippen molar-refractivity contribution < 1.29 is 4.42 Å². The van der Waals surface area contributed by atoms with Crippen LogP contribution in [0.5, 0.6) is 0 Å². The molecule has 2 rings (SSSR count). The maximum atomic E-state index is 5.71. The van der Waals surface area contributed by atoms with E-state index in [2.05, 4.69) is 37.4 Å². The van der Waals surface area contributed by atoms with Crippen molar-refractivity contribution in [2.24, 2.45) is 5.73 Å². The Balaban J connectivity index is 2.13. The van der Waals surface area contributed by atoms with Crippen LogP contribution in [0.15, 0.2) is 28.7 Å². The van der Waals surface area contributed by atoms with Gasteiger partial charge in [-0.3, -0.25) is 0 Å². The molecule has 0 radical (unpaired) electrons. The van der Waals surface area contributed by atoms with Crippen molar-refractivity contribution in [2.45, 2.75) is 26.4 Å². The van der Waals surface area contributed by atoms with E-state index in [1.165, 1.54) is 5.56 Å². The van der Waals surface area contributed by atoms with E-state index in [9.17, 15) is 0 Å². The van der Waals surface area contributed by atoms with Gasteiger partial charge < -0.3 is 15.5 Å². The molecule has 1 aromatic carbocycles. The van der Waals surface area contributed by atoms with Gasteiger partial charge in [0.05, 0.1) is 6.54 Å². The lowest BCUT2D eigenvalue weighted by Gasteiger charge is -2.08. The Morgan fingerprint density at radius 2 is 2.19 bits per heavy atom. The highest BCUT2D eigenvalue weighted by Crippen LogP contribution is 2.20. The molecule has 0 aliphatic heterocycles. The standard InChI is InChI=1S/C13H18N2O/c1-9-3-4-13-11(5-9)6-12(16-13)8-15-10(2)7-14/h3-6,10,15H,7-8,14H2,1-2H3/t10-/m1/s1. The molecule has 1 heterocycles. The molecule has 0 saturated carbocycles. The Morgan fingerprint density at radius 3 is 2.94 bits per heavy atom. The smallest absolute Gasteiger partial charge is 0.134 e. The molecule has 86 valence electrons. The van der Waals surface area contributed by atoms with Crippen LogP contribution in [0.2, 0.25) is 0 Å². The number of nitrogens with two attached hydrogens (primary N) is 1. The maximum absolute atomic E-state index is 5.71. The van der Waals surface area contributed by atoms with Gasteiger partial charge >= 0.3 is 0 Å². The molecule has 1 atom stereocenters. The first kappa shape index (κ1) is 11.2. The Labute approximate surface area is 95.6 Å². The van der Waals surface area contributed by atoms with Crippen LogP contribution >= 0.6 is 0 Å². The third-order valence-corrected chi connectivity index (χ3v) is 2.70. The van der Waals surface area contributed by atoms with Gasteiger partial charge in [-0.2, -0.15) is 0 Å². The molecule has 3 heteroatoms. The summed E-state index contributed by atoms with van der Waals surface area (Å²) in [5.74, 6) is 0.959. The lowest BCUT2D eigenvalue weighted by atomic mass is 10.2. The van der Waals surface area contributed by atoms with E-state index in [-0.39, 0.29) is 0 Å². The van der Waals surface area contributed by atoms with Gasteiger partial charge in [-0.1, -0.05) is 11.6 Å². The fourth-order valence-corrected chi connectivity index (χ4v) is 1.66. The number of nitrogens with one attached hydrogen (secondary N) is 1. The van der Waals surface area contributed by atoms with Gasteiger partial charge in [0.1, 0.15) is 11.3 Å². The van der Waals surface area contributed by atoms with E-state index in [1.807, 2.05) is 6.07 Å². The molecule has 0 fully saturated rings. The highest BCUT2D eigenvalue weighted by molar-refractivity contribution is 5.78. The Bertz CT molecular complexity index is 476. The van der Waals surface area contributed by atoms with Crippen LogP contribution in [0.1, 0.15) is 18.2 Å². The molecule has 0 bridgehead atoms. The lowest BCUT2D eigenvalue weighted by molar-refractivity contribution is 0.478. The van der Waals surface area contributed by atoms with Gasteiger partial charge in [0.15, 0.2) is 0 Å². The van der Waals surface area contributed by atoms with Crippen molar-refractivity contribution >= 4 is 11.0 Å². The Kier molecular flexibility index (Phi) is 3.27. The average Bonchev–Trinajstić information content (AvgIpc) is 2.67. The predicted octanol–water partition coefficient (Wildman–Crippen LogP) is 2.18. The first-order valence-corrected chi connectivity index (χ1v) is 5.61. The van der Waals surface area contributed by atoms with Crippen LogP contribution in [0.25, 0.3) is 11.0 Å². The maximum Gasteiger partial charge on any atom is 0.134 e. The van der Waals surface area contributed by atoms with Crippen LogP contribution in [-0.4, -0.2) is 12.6 Å². The summed E-state index contributed by atoms with van der Waals surface area (Å²) < 4.78 is 5.71. The molecular weight excluding hydrogens is 200 g/mol. The second-order valence-electron chi connectivity index (χ2n) is 4.27. The normalized spacial score (nSPS) is 13.2. The zero-order valence-corrected chi connectivity index (χ0v) is 9.79. The third kappa shape index (κ3) is 2.43. The van der Waals surface area contributed by atoms with Crippen LogP contribution < -0.4 is 11.1 Å². The van der Waals surface area contributed by atoms with Crippen molar-refractivity contribution in [3.05, 3.63) is 35.6 Å². The average molecular weight is 218 g/mol.